The molecule has 3 heteroatoms. The molecule has 0 atom stereocenters. The number of carbonyl (C=O) groups excluding carboxylic acids is 1. The van der Waals surface area contributed by atoms with Gasteiger partial charge in [-0.15, -0.1) is 0 Å². The number of ether oxygens (including phenoxy) is 1. The minimum atomic E-state index is -0.390. The molecule has 13 heavy (non-hydrogen) atoms. The predicted octanol–water partition coefficient (Wildman–Crippen LogP) is 2.03. The van der Waals surface area contributed by atoms with E-state index >= 15 is 0 Å². The first-order valence-corrected chi connectivity index (χ1v) is 3.92. The summed E-state index contributed by atoms with van der Waals surface area (Å²) in [4.78, 5) is 10.5. The van der Waals surface area contributed by atoms with E-state index in [4.69, 9.17) is 11.6 Å². The number of halogens is 1. The highest BCUT2D eigenvalue weighted by atomic mass is 35.5. The maximum absolute atomic E-state index is 10.5. The van der Waals surface area contributed by atoms with E-state index in [9.17, 15) is 4.79 Å². The first-order chi connectivity index (χ1) is 6.31. The van der Waals surface area contributed by atoms with Gasteiger partial charge in [-0.1, -0.05) is 35.6 Å². The molecule has 0 radical (unpaired) electrons. The zero-order valence-electron chi connectivity index (χ0n) is 7.16. The summed E-state index contributed by atoms with van der Waals surface area (Å²) < 4.78 is 4.37. The Labute approximate surface area is 82.5 Å². The lowest BCUT2D eigenvalue weighted by Gasteiger charge is -1.85. The molecule has 0 fully saturated rings. The quantitative estimate of drug-likeness (QED) is 0.292. The SMILES string of the molecule is COC(=O)/C=C/C=C/C#C/C=C/Cl. The number of esters is 1. The third-order valence-corrected chi connectivity index (χ3v) is 1.08. The summed E-state index contributed by atoms with van der Waals surface area (Å²) >= 11 is 5.22. The second-order valence-electron chi connectivity index (χ2n) is 1.82. The molecule has 0 saturated carbocycles. The molecule has 0 spiro atoms. The van der Waals surface area contributed by atoms with E-state index in [1.165, 1.54) is 24.8 Å². The first-order valence-electron chi connectivity index (χ1n) is 3.48. The Bertz CT molecular complexity index is 290. The van der Waals surface area contributed by atoms with Gasteiger partial charge >= 0.3 is 5.97 Å². The molecular formula is C10H9ClO2. The summed E-state index contributed by atoms with van der Waals surface area (Å²) in [5.41, 5.74) is 1.32. The van der Waals surface area contributed by atoms with Crippen LogP contribution in [0.5, 0.6) is 0 Å². The lowest BCUT2D eigenvalue weighted by atomic mass is 10.4. The maximum Gasteiger partial charge on any atom is 0.330 e. The zero-order chi connectivity index (χ0) is 9.94. The van der Waals surface area contributed by atoms with E-state index in [0.717, 1.165) is 0 Å². The van der Waals surface area contributed by atoms with Crippen LogP contribution in [0.4, 0.5) is 0 Å². The fourth-order valence-electron chi connectivity index (χ4n) is 0.434. The van der Waals surface area contributed by atoms with Crippen molar-refractivity contribution in [2.24, 2.45) is 0 Å². The molecule has 0 aliphatic heterocycles. The Morgan fingerprint density at radius 2 is 2.00 bits per heavy atom. The standard InChI is InChI=1S/C10H9ClO2/c1-13-10(12)8-6-4-2-3-5-7-9-11/h2,4,6-9H,1H3/b4-2+,8-6+,9-7+. The van der Waals surface area contributed by atoms with Crippen molar-refractivity contribution < 1.29 is 9.53 Å². The summed E-state index contributed by atoms with van der Waals surface area (Å²) in [6, 6.07) is 0. The fourth-order valence-corrected chi connectivity index (χ4v) is 0.497. The summed E-state index contributed by atoms with van der Waals surface area (Å²) in [5.74, 6) is 4.92. The van der Waals surface area contributed by atoms with Gasteiger partial charge in [-0.2, -0.15) is 0 Å². The van der Waals surface area contributed by atoms with Gasteiger partial charge in [-0.3, -0.25) is 0 Å². The number of hydrogen-bond acceptors (Lipinski definition) is 2. The lowest BCUT2D eigenvalue weighted by molar-refractivity contribution is -0.134. The first kappa shape index (κ1) is 11.5. The number of allylic oxidation sites excluding steroid dienone is 4. The van der Waals surface area contributed by atoms with Crippen LogP contribution in [0.15, 0.2) is 35.9 Å². The summed E-state index contributed by atoms with van der Waals surface area (Å²) in [6.45, 7) is 0. The Balaban J connectivity index is 3.83. The molecule has 0 aromatic heterocycles. The van der Waals surface area contributed by atoms with Gasteiger partial charge in [0.25, 0.3) is 0 Å². The van der Waals surface area contributed by atoms with Crippen molar-refractivity contribution in [3.05, 3.63) is 35.9 Å². The van der Waals surface area contributed by atoms with Crippen molar-refractivity contribution in [3.63, 3.8) is 0 Å². The maximum atomic E-state index is 10.5. The van der Waals surface area contributed by atoms with E-state index in [1.54, 1.807) is 18.2 Å². The molecule has 0 unspecified atom stereocenters. The molecular weight excluding hydrogens is 188 g/mol. The summed E-state index contributed by atoms with van der Waals surface area (Å²) in [7, 11) is 1.32. The molecule has 0 amide bonds. The third-order valence-electron chi connectivity index (χ3n) is 0.954. The smallest absolute Gasteiger partial charge is 0.330 e. The van der Waals surface area contributed by atoms with Crippen LogP contribution >= 0.6 is 11.6 Å². The van der Waals surface area contributed by atoms with Gasteiger partial charge in [0.1, 0.15) is 0 Å². The Kier molecular flexibility index (Phi) is 7.67. The van der Waals surface area contributed by atoms with Gasteiger partial charge in [0, 0.05) is 11.6 Å². The summed E-state index contributed by atoms with van der Waals surface area (Å²) in [5, 5.41) is 0. The lowest BCUT2D eigenvalue weighted by Crippen LogP contribution is -1.92. The van der Waals surface area contributed by atoms with Gasteiger partial charge in [0.2, 0.25) is 0 Å². The normalized spacial score (nSPS) is 10.6. The van der Waals surface area contributed by atoms with Gasteiger partial charge in [-0.25, -0.2) is 4.79 Å². The van der Waals surface area contributed by atoms with Gasteiger partial charge < -0.3 is 4.74 Å². The topological polar surface area (TPSA) is 26.3 Å². The van der Waals surface area contributed by atoms with E-state index < -0.39 is 5.97 Å². The molecule has 0 aromatic carbocycles. The highest BCUT2D eigenvalue weighted by Gasteiger charge is 1.85. The number of methoxy groups -OCH3 is 1. The highest BCUT2D eigenvalue weighted by Crippen LogP contribution is 1.80. The fraction of sp³-hybridized carbons (Fsp3) is 0.100. The largest absolute Gasteiger partial charge is 0.466 e. The molecule has 0 N–H and O–H groups in total. The van der Waals surface area contributed by atoms with Crippen LogP contribution in [-0.4, -0.2) is 13.1 Å². The monoisotopic (exact) mass is 196 g/mol. The van der Waals surface area contributed by atoms with Crippen molar-refractivity contribution in [1.82, 2.24) is 0 Å². The third kappa shape index (κ3) is 8.45. The Morgan fingerprint density at radius 3 is 2.62 bits per heavy atom. The molecule has 0 saturated heterocycles. The second-order valence-corrected chi connectivity index (χ2v) is 2.07. The van der Waals surface area contributed by atoms with Gasteiger partial charge in [-0.05, 0) is 12.2 Å². The van der Waals surface area contributed by atoms with Crippen LogP contribution in [0.3, 0.4) is 0 Å². The molecule has 0 aliphatic rings. The average Bonchev–Trinajstić information content (AvgIpc) is 2.16. The number of rotatable bonds is 2. The van der Waals surface area contributed by atoms with E-state index in [2.05, 4.69) is 16.6 Å². The minimum Gasteiger partial charge on any atom is -0.466 e. The summed E-state index contributed by atoms with van der Waals surface area (Å²) in [6.07, 6.45) is 7.58. The zero-order valence-corrected chi connectivity index (χ0v) is 7.91. The predicted molar refractivity (Wildman–Crippen MR) is 53.1 cm³/mol. The van der Waals surface area contributed by atoms with Gasteiger partial charge in [0.15, 0.2) is 0 Å². The van der Waals surface area contributed by atoms with Gasteiger partial charge in [0.05, 0.1) is 7.11 Å². The van der Waals surface area contributed by atoms with E-state index in [0.29, 0.717) is 0 Å². The molecule has 0 rings (SSSR count). The molecule has 0 bridgehead atoms. The van der Waals surface area contributed by atoms with Crippen molar-refractivity contribution >= 4 is 17.6 Å². The molecule has 2 nitrogen and oxygen atoms in total. The minimum absolute atomic E-state index is 0.390. The van der Waals surface area contributed by atoms with Crippen molar-refractivity contribution in [2.45, 2.75) is 0 Å². The molecule has 68 valence electrons. The van der Waals surface area contributed by atoms with Crippen LogP contribution in [-0.2, 0) is 9.53 Å². The Morgan fingerprint density at radius 1 is 1.31 bits per heavy atom. The second kappa shape index (κ2) is 8.63. The van der Waals surface area contributed by atoms with Crippen molar-refractivity contribution in [2.75, 3.05) is 7.11 Å². The molecule has 0 aliphatic carbocycles. The van der Waals surface area contributed by atoms with Crippen LogP contribution in [0, 0.1) is 11.8 Å². The average molecular weight is 197 g/mol. The van der Waals surface area contributed by atoms with Crippen LogP contribution in [0.2, 0.25) is 0 Å². The molecule has 0 aromatic rings. The van der Waals surface area contributed by atoms with Crippen LogP contribution < -0.4 is 0 Å². The van der Waals surface area contributed by atoms with E-state index in [-0.39, 0.29) is 0 Å². The van der Waals surface area contributed by atoms with Crippen LogP contribution in [0.1, 0.15) is 0 Å². The van der Waals surface area contributed by atoms with E-state index in [1.807, 2.05) is 0 Å². The Hall–Kier alpha value is -1.46. The number of carbonyl (C=O) groups is 1. The van der Waals surface area contributed by atoms with Crippen molar-refractivity contribution in [1.29, 1.82) is 0 Å². The molecule has 0 heterocycles. The number of hydrogen-bond donors (Lipinski definition) is 0. The van der Waals surface area contributed by atoms with Crippen molar-refractivity contribution in [3.8, 4) is 11.8 Å². The highest BCUT2D eigenvalue weighted by molar-refractivity contribution is 6.25. The van der Waals surface area contributed by atoms with Crippen LogP contribution in [0.25, 0.3) is 0 Å².